The number of nitro groups is 1. The molecule has 0 radical (unpaired) electrons. The Bertz CT molecular complexity index is 808. The van der Waals surface area contributed by atoms with Crippen LogP contribution in [0, 0.1) is 22.9 Å². The smallest absolute Gasteiger partial charge is 0.272 e. The van der Waals surface area contributed by atoms with Crippen LogP contribution in [0.25, 0.3) is 0 Å². The molecule has 1 heterocycles. The molecule has 0 atom stereocenters. The molecule has 9 heteroatoms. The summed E-state index contributed by atoms with van der Waals surface area (Å²) >= 11 is 0. The van der Waals surface area contributed by atoms with Gasteiger partial charge in [0.05, 0.1) is 11.1 Å². The number of hydrogen-bond donors (Lipinski definition) is 1. The van der Waals surface area contributed by atoms with Crippen LogP contribution in [0.3, 0.4) is 0 Å². The average Bonchev–Trinajstić information content (AvgIpc) is 2.37. The van der Waals surface area contributed by atoms with Crippen molar-refractivity contribution in [1.82, 2.24) is 4.98 Å². The standard InChI is InChI=1S/C12H10FN3O4S/c1-8-4-10(2-3-12(8)16(17)18)15-21(19,20)11-5-9(13)6-14-7-11/h2-7,15H,1H3. The number of nitrogens with one attached hydrogen (secondary N) is 1. The minimum absolute atomic E-state index is 0.120. The summed E-state index contributed by atoms with van der Waals surface area (Å²) in [5.74, 6) is -0.780. The maximum absolute atomic E-state index is 13.0. The van der Waals surface area contributed by atoms with Gasteiger partial charge in [-0.25, -0.2) is 12.8 Å². The second kappa shape index (κ2) is 5.44. The topological polar surface area (TPSA) is 102 Å². The summed E-state index contributed by atoms with van der Waals surface area (Å²) in [6, 6.07) is 4.60. The molecule has 1 N–H and O–H groups in total. The van der Waals surface area contributed by atoms with Crippen molar-refractivity contribution >= 4 is 21.4 Å². The van der Waals surface area contributed by atoms with E-state index in [4.69, 9.17) is 0 Å². The van der Waals surface area contributed by atoms with Crippen molar-refractivity contribution in [2.45, 2.75) is 11.8 Å². The molecule has 0 fully saturated rings. The highest BCUT2D eigenvalue weighted by molar-refractivity contribution is 7.92. The van der Waals surface area contributed by atoms with Gasteiger partial charge >= 0.3 is 0 Å². The van der Waals surface area contributed by atoms with Crippen LogP contribution in [-0.4, -0.2) is 18.3 Å². The lowest BCUT2D eigenvalue weighted by Gasteiger charge is -2.08. The molecule has 0 aliphatic carbocycles. The van der Waals surface area contributed by atoms with Gasteiger partial charge in [-0.3, -0.25) is 19.8 Å². The Kier molecular flexibility index (Phi) is 3.85. The Morgan fingerprint density at radius 1 is 1.29 bits per heavy atom. The molecule has 110 valence electrons. The van der Waals surface area contributed by atoms with Crippen LogP contribution in [-0.2, 0) is 10.0 Å². The fourth-order valence-electron chi connectivity index (χ4n) is 1.68. The third-order valence-corrected chi connectivity index (χ3v) is 3.98. The van der Waals surface area contributed by atoms with E-state index in [1.165, 1.54) is 25.1 Å². The zero-order chi connectivity index (χ0) is 15.6. The Morgan fingerprint density at radius 3 is 2.57 bits per heavy atom. The molecule has 2 aromatic rings. The van der Waals surface area contributed by atoms with Gasteiger partial charge in [0.2, 0.25) is 0 Å². The van der Waals surface area contributed by atoms with Crippen LogP contribution in [0.4, 0.5) is 15.8 Å². The second-order valence-electron chi connectivity index (χ2n) is 4.20. The van der Waals surface area contributed by atoms with E-state index in [0.717, 1.165) is 18.5 Å². The van der Waals surface area contributed by atoms with E-state index < -0.39 is 20.8 Å². The highest BCUT2D eigenvalue weighted by atomic mass is 32.2. The average molecular weight is 311 g/mol. The quantitative estimate of drug-likeness (QED) is 0.689. The van der Waals surface area contributed by atoms with Gasteiger partial charge in [-0.05, 0) is 25.1 Å². The van der Waals surface area contributed by atoms with Crippen LogP contribution < -0.4 is 4.72 Å². The molecule has 0 amide bonds. The number of aromatic nitrogens is 1. The second-order valence-corrected chi connectivity index (χ2v) is 5.89. The molecular weight excluding hydrogens is 301 g/mol. The third-order valence-electron chi connectivity index (χ3n) is 2.64. The fourth-order valence-corrected chi connectivity index (χ4v) is 2.70. The maximum atomic E-state index is 13.0. The van der Waals surface area contributed by atoms with E-state index in [2.05, 4.69) is 9.71 Å². The Balaban J connectivity index is 2.33. The molecule has 7 nitrogen and oxygen atoms in total. The van der Waals surface area contributed by atoms with Crippen molar-refractivity contribution in [1.29, 1.82) is 0 Å². The van der Waals surface area contributed by atoms with Gasteiger partial charge in [0, 0.05) is 23.5 Å². The first-order chi connectivity index (χ1) is 9.79. The number of anilines is 1. The van der Waals surface area contributed by atoms with Crippen LogP contribution in [0.1, 0.15) is 5.56 Å². The van der Waals surface area contributed by atoms with Gasteiger partial charge in [-0.2, -0.15) is 0 Å². The van der Waals surface area contributed by atoms with Gasteiger partial charge < -0.3 is 0 Å². The van der Waals surface area contributed by atoms with Gasteiger partial charge in [0.15, 0.2) is 0 Å². The number of aryl methyl sites for hydroxylation is 1. The maximum Gasteiger partial charge on any atom is 0.272 e. The predicted octanol–water partition coefficient (Wildman–Crippen LogP) is 2.24. The van der Waals surface area contributed by atoms with E-state index in [0.29, 0.717) is 5.56 Å². The molecule has 0 unspecified atom stereocenters. The lowest BCUT2D eigenvalue weighted by molar-refractivity contribution is -0.385. The normalized spacial score (nSPS) is 11.1. The SMILES string of the molecule is Cc1cc(NS(=O)(=O)c2cncc(F)c2)ccc1[N+](=O)[O-]. The first kappa shape index (κ1) is 14.9. The molecule has 2 rings (SSSR count). The van der Waals surface area contributed by atoms with Crippen molar-refractivity contribution < 1.29 is 17.7 Å². The van der Waals surface area contributed by atoms with E-state index in [1.54, 1.807) is 0 Å². The number of benzene rings is 1. The number of sulfonamides is 1. The molecule has 0 bridgehead atoms. The lowest BCUT2D eigenvalue weighted by Crippen LogP contribution is -2.13. The lowest BCUT2D eigenvalue weighted by atomic mass is 10.2. The van der Waals surface area contributed by atoms with Crippen molar-refractivity contribution in [3.05, 3.63) is 58.2 Å². The summed E-state index contributed by atoms with van der Waals surface area (Å²) < 4.78 is 39.3. The Morgan fingerprint density at radius 2 is 2.00 bits per heavy atom. The molecular formula is C12H10FN3O4S. The fraction of sp³-hybridized carbons (Fsp3) is 0.0833. The number of hydrogen-bond acceptors (Lipinski definition) is 5. The Hall–Kier alpha value is -2.55. The van der Waals surface area contributed by atoms with Crippen LogP contribution in [0.5, 0.6) is 0 Å². The summed E-state index contributed by atoms with van der Waals surface area (Å²) in [5.41, 5.74) is 0.324. The number of nitrogens with zero attached hydrogens (tertiary/aromatic N) is 2. The van der Waals surface area contributed by atoms with Gasteiger partial charge in [-0.15, -0.1) is 0 Å². The molecule has 0 aliphatic heterocycles. The highest BCUT2D eigenvalue weighted by Crippen LogP contribution is 2.23. The largest absolute Gasteiger partial charge is 0.280 e. The summed E-state index contributed by atoms with van der Waals surface area (Å²) in [4.78, 5) is 13.3. The van der Waals surface area contributed by atoms with E-state index in [-0.39, 0.29) is 16.3 Å². The summed E-state index contributed by atoms with van der Waals surface area (Å²) in [5, 5.41) is 10.7. The number of nitro benzene ring substituents is 1. The first-order valence-electron chi connectivity index (χ1n) is 5.68. The molecule has 1 aromatic heterocycles. The molecule has 1 aromatic carbocycles. The third kappa shape index (κ3) is 3.31. The van der Waals surface area contributed by atoms with Gasteiger partial charge in [-0.1, -0.05) is 0 Å². The molecule has 0 saturated carbocycles. The van der Waals surface area contributed by atoms with E-state index >= 15 is 0 Å². The minimum Gasteiger partial charge on any atom is -0.280 e. The number of halogens is 1. The monoisotopic (exact) mass is 311 g/mol. The summed E-state index contributed by atoms with van der Waals surface area (Å²) in [7, 11) is -4.01. The molecule has 21 heavy (non-hydrogen) atoms. The van der Waals surface area contributed by atoms with E-state index in [9.17, 15) is 22.9 Å². The Labute approximate surface area is 119 Å². The van der Waals surface area contributed by atoms with E-state index in [1.807, 2.05) is 0 Å². The molecule has 0 aliphatic rings. The summed E-state index contributed by atoms with van der Waals surface area (Å²) in [6.07, 6.45) is 1.89. The van der Waals surface area contributed by atoms with Crippen molar-refractivity contribution in [3.63, 3.8) is 0 Å². The predicted molar refractivity (Wildman–Crippen MR) is 72.8 cm³/mol. The van der Waals surface area contributed by atoms with Gasteiger partial charge in [0.25, 0.3) is 15.7 Å². The number of rotatable bonds is 4. The first-order valence-corrected chi connectivity index (χ1v) is 7.16. The van der Waals surface area contributed by atoms with Crippen LogP contribution >= 0.6 is 0 Å². The van der Waals surface area contributed by atoms with Crippen molar-refractivity contribution in [2.75, 3.05) is 4.72 Å². The van der Waals surface area contributed by atoms with Crippen LogP contribution in [0.2, 0.25) is 0 Å². The van der Waals surface area contributed by atoms with Crippen molar-refractivity contribution in [3.8, 4) is 0 Å². The zero-order valence-electron chi connectivity index (χ0n) is 10.8. The zero-order valence-corrected chi connectivity index (χ0v) is 11.6. The minimum atomic E-state index is -4.01. The number of pyridine rings is 1. The highest BCUT2D eigenvalue weighted by Gasteiger charge is 2.17. The van der Waals surface area contributed by atoms with Gasteiger partial charge in [0.1, 0.15) is 10.7 Å². The van der Waals surface area contributed by atoms with Crippen molar-refractivity contribution in [2.24, 2.45) is 0 Å². The summed E-state index contributed by atoms with van der Waals surface area (Å²) in [6.45, 7) is 1.49. The molecule has 0 spiro atoms. The molecule has 0 saturated heterocycles. The van der Waals surface area contributed by atoms with Crippen LogP contribution in [0.15, 0.2) is 41.6 Å².